The molecule has 1 unspecified atom stereocenters. The smallest absolute Gasteiger partial charge is 0.261 e. The third-order valence-corrected chi connectivity index (χ3v) is 2.99. The van der Waals surface area contributed by atoms with Gasteiger partial charge in [0.25, 0.3) is 6.43 Å². The predicted molar refractivity (Wildman–Crippen MR) is 75.2 cm³/mol. The summed E-state index contributed by atoms with van der Waals surface area (Å²) in [7, 11) is 0. The Kier molecular flexibility index (Phi) is 7.65. The maximum atomic E-state index is 11.8. The zero-order valence-electron chi connectivity index (χ0n) is 12.0. The summed E-state index contributed by atoms with van der Waals surface area (Å²) < 4.78 is 28.3. The van der Waals surface area contributed by atoms with Crippen LogP contribution in [-0.4, -0.2) is 37.8 Å². The molecule has 0 bridgehead atoms. The molecule has 0 saturated heterocycles. The van der Waals surface area contributed by atoms with Gasteiger partial charge in [-0.25, -0.2) is 8.78 Å². The lowest BCUT2D eigenvalue weighted by molar-refractivity contribution is 0.0181. The number of hydrogen-bond acceptors (Lipinski definition) is 3. The molecule has 0 aromatic heterocycles. The van der Waals surface area contributed by atoms with Gasteiger partial charge in [-0.1, -0.05) is 38.1 Å². The predicted octanol–water partition coefficient (Wildman–Crippen LogP) is 2.71. The lowest BCUT2D eigenvalue weighted by atomic mass is 10.00. The number of alkyl halides is 2. The van der Waals surface area contributed by atoms with Gasteiger partial charge in [-0.05, 0) is 17.0 Å². The summed E-state index contributed by atoms with van der Waals surface area (Å²) in [6.45, 7) is 4.72. The molecule has 2 N–H and O–H groups in total. The van der Waals surface area contributed by atoms with Gasteiger partial charge in [0.1, 0.15) is 6.61 Å². The summed E-state index contributed by atoms with van der Waals surface area (Å²) in [6.07, 6.45) is -3.04. The van der Waals surface area contributed by atoms with Gasteiger partial charge in [0, 0.05) is 13.1 Å². The average Bonchev–Trinajstić information content (AvgIpc) is 2.42. The normalized spacial score (nSPS) is 13.2. The van der Waals surface area contributed by atoms with Gasteiger partial charge in [-0.15, -0.1) is 0 Å². The number of ether oxygens (including phenoxy) is 1. The van der Waals surface area contributed by atoms with Crippen LogP contribution < -0.4 is 5.32 Å². The standard InChI is InChI=1S/C15H23F2NO2/c1-11(2)12-3-5-13(6-4-12)14(19)9-18-7-8-20-10-15(16)17/h3-6,11,14-15,18-19H,7-10H2,1-2H3. The van der Waals surface area contributed by atoms with E-state index in [2.05, 4.69) is 19.2 Å². The van der Waals surface area contributed by atoms with Gasteiger partial charge < -0.3 is 15.2 Å². The zero-order valence-corrected chi connectivity index (χ0v) is 12.0. The molecule has 0 radical (unpaired) electrons. The number of aliphatic hydroxyl groups excluding tert-OH is 1. The summed E-state index contributed by atoms with van der Waals surface area (Å²) in [6, 6.07) is 7.84. The molecule has 1 aromatic rings. The molecule has 0 heterocycles. The summed E-state index contributed by atoms with van der Waals surface area (Å²) in [5, 5.41) is 12.9. The van der Waals surface area contributed by atoms with Gasteiger partial charge in [-0.2, -0.15) is 0 Å². The summed E-state index contributed by atoms with van der Waals surface area (Å²) in [5.74, 6) is 0.464. The van der Waals surface area contributed by atoms with Crippen LogP contribution in [0.1, 0.15) is 37.0 Å². The Morgan fingerprint density at radius 2 is 1.75 bits per heavy atom. The molecule has 114 valence electrons. The van der Waals surface area contributed by atoms with Crippen LogP contribution in [0, 0.1) is 0 Å². The van der Waals surface area contributed by atoms with Crippen LogP contribution >= 0.6 is 0 Å². The van der Waals surface area contributed by atoms with Crippen molar-refractivity contribution >= 4 is 0 Å². The van der Waals surface area contributed by atoms with E-state index in [0.29, 0.717) is 19.0 Å². The topological polar surface area (TPSA) is 41.5 Å². The lowest BCUT2D eigenvalue weighted by Gasteiger charge is -2.13. The molecule has 0 spiro atoms. The van der Waals surface area contributed by atoms with Crippen molar-refractivity contribution in [3.63, 3.8) is 0 Å². The van der Waals surface area contributed by atoms with E-state index in [1.165, 1.54) is 5.56 Å². The number of hydrogen-bond donors (Lipinski definition) is 2. The van der Waals surface area contributed by atoms with Crippen LogP contribution in [0.15, 0.2) is 24.3 Å². The first-order valence-electron chi connectivity index (χ1n) is 6.85. The Morgan fingerprint density at radius 1 is 1.15 bits per heavy atom. The van der Waals surface area contributed by atoms with Crippen LogP contribution in [0.2, 0.25) is 0 Å². The SMILES string of the molecule is CC(C)c1ccc(C(O)CNCCOCC(F)F)cc1. The second kappa shape index (κ2) is 9.00. The summed E-state index contributed by atoms with van der Waals surface area (Å²) >= 11 is 0. The Hall–Kier alpha value is -1.04. The molecular formula is C15H23F2NO2. The van der Waals surface area contributed by atoms with Gasteiger partial charge in [0.05, 0.1) is 12.7 Å². The van der Waals surface area contributed by atoms with Crippen molar-refractivity contribution in [1.82, 2.24) is 5.32 Å². The van der Waals surface area contributed by atoms with Crippen molar-refractivity contribution in [2.24, 2.45) is 0 Å². The molecule has 3 nitrogen and oxygen atoms in total. The Balaban J connectivity index is 2.23. The second-order valence-corrected chi connectivity index (χ2v) is 5.01. The van der Waals surface area contributed by atoms with Crippen LogP contribution in [0.25, 0.3) is 0 Å². The van der Waals surface area contributed by atoms with E-state index in [1.807, 2.05) is 24.3 Å². The number of benzene rings is 1. The third-order valence-electron chi connectivity index (χ3n) is 2.99. The molecule has 1 aromatic carbocycles. The first kappa shape index (κ1) is 17.0. The highest BCUT2D eigenvalue weighted by molar-refractivity contribution is 5.26. The molecule has 0 aliphatic heterocycles. The Morgan fingerprint density at radius 3 is 2.30 bits per heavy atom. The summed E-state index contributed by atoms with van der Waals surface area (Å²) in [5.41, 5.74) is 2.07. The van der Waals surface area contributed by atoms with E-state index >= 15 is 0 Å². The molecular weight excluding hydrogens is 264 g/mol. The molecule has 0 aliphatic carbocycles. The van der Waals surface area contributed by atoms with Gasteiger partial charge in [0.15, 0.2) is 0 Å². The highest BCUT2D eigenvalue weighted by Gasteiger charge is 2.08. The van der Waals surface area contributed by atoms with Crippen molar-refractivity contribution < 1.29 is 18.6 Å². The van der Waals surface area contributed by atoms with Crippen molar-refractivity contribution in [3.05, 3.63) is 35.4 Å². The first-order valence-corrected chi connectivity index (χ1v) is 6.85. The highest BCUT2D eigenvalue weighted by atomic mass is 19.3. The number of halogens is 2. The highest BCUT2D eigenvalue weighted by Crippen LogP contribution is 2.18. The van der Waals surface area contributed by atoms with Crippen LogP contribution in [0.5, 0.6) is 0 Å². The monoisotopic (exact) mass is 287 g/mol. The fraction of sp³-hybridized carbons (Fsp3) is 0.600. The number of nitrogens with one attached hydrogen (secondary N) is 1. The molecule has 20 heavy (non-hydrogen) atoms. The van der Waals surface area contributed by atoms with Gasteiger partial charge in [0.2, 0.25) is 0 Å². The third kappa shape index (κ3) is 6.41. The van der Waals surface area contributed by atoms with E-state index in [4.69, 9.17) is 4.74 Å². The van der Waals surface area contributed by atoms with E-state index < -0.39 is 19.1 Å². The van der Waals surface area contributed by atoms with Crippen LogP contribution in [0.4, 0.5) is 8.78 Å². The van der Waals surface area contributed by atoms with E-state index in [9.17, 15) is 13.9 Å². The Labute approximate surface area is 119 Å². The van der Waals surface area contributed by atoms with Crippen molar-refractivity contribution in [3.8, 4) is 0 Å². The maximum absolute atomic E-state index is 11.8. The molecule has 5 heteroatoms. The minimum Gasteiger partial charge on any atom is -0.387 e. The van der Waals surface area contributed by atoms with Crippen molar-refractivity contribution in [1.29, 1.82) is 0 Å². The minimum absolute atomic E-state index is 0.212. The first-order chi connectivity index (χ1) is 9.50. The number of aliphatic hydroxyl groups is 1. The quantitative estimate of drug-likeness (QED) is 0.686. The fourth-order valence-corrected chi connectivity index (χ4v) is 1.78. The van der Waals surface area contributed by atoms with Crippen molar-refractivity contribution in [2.45, 2.75) is 32.3 Å². The zero-order chi connectivity index (χ0) is 15.0. The summed E-state index contributed by atoms with van der Waals surface area (Å²) in [4.78, 5) is 0. The molecule has 1 atom stereocenters. The van der Waals surface area contributed by atoms with Crippen molar-refractivity contribution in [2.75, 3.05) is 26.3 Å². The van der Waals surface area contributed by atoms with Crippen LogP contribution in [-0.2, 0) is 4.74 Å². The van der Waals surface area contributed by atoms with Gasteiger partial charge in [-0.3, -0.25) is 0 Å². The minimum atomic E-state index is -2.43. The molecule has 0 fully saturated rings. The maximum Gasteiger partial charge on any atom is 0.261 e. The molecule has 1 rings (SSSR count). The largest absolute Gasteiger partial charge is 0.387 e. The lowest BCUT2D eigenvalue weighted by Crippen LogP contribution is -2.26. The molecule has 0 amide bonds. The fourth-order valence-electron chi connectivity index (χ4n) is 1.78. The van der Waals surface area contributed by atoms with Gasteiger partial charge >= 0.3 is 0 Å². The van der Waals surface area contributed by atoms with E-state index in [1.54, 1.807) is 0 Å². The molecule has 0 aliphatic rings. The Bertz CT molecular complexity index is 369. The van der Waals surface area contributed by atoms with E-state index in [-0.39, 0.29) is 6.61 Å². The average molecular weight is 287 g/mol. The van der Waals surface area contributed by atoms with E-state index in [0.717, 1.165) is 5.56 Å². The second-order valence-electron chi connectivity index (χ2n) is 5.01. The molecule has 0 saturated carbocycles. The van der Waals surface area contributed by atoms with Crippen LogP contribution in [0.3, 0.4) is 0 Å². The number of rotatable bonds is 9.